The van der Waals surface area contributed by atoms with E-state index in [1.54, 1.807) is 0 Å². The largest absolute Gasteiger partial charge is 0.311 e. The predicted molar refractivity (Wildman–Crippen MR) is 84.9 cm³/mol. The van der Waals surface area contributed by atoms with Crippen molar-refractivity contribution in [3.05, 3.63) is 34.9 Å². The fraction of sp³-hybridized carbons (Fsp3) is 0.600. The Balaban J connectivity index is 2.68. The van der Waals surface area contributed by atoms with E-state index in [4.69, 9.17) is 11.6 Å². The maximum absolute atomic E-state index is 5.95. The highest BCUT2D eigenvalue weighted by Gasteiger charge is 2.15. The fourth-order valence-corrected chi connectivity index (χ4v) is 2.46. The molecule has 18 heavy (non-hydrogen) atoms. The molecule has 0 aromatic heterocycles. The Morgan fingerprint density at radius 2 is 1.83 bits per heavy atom. The van der Waals surface area contributed by atoms with Crippen molar-refractivity contribution < 1.29 is 0 Å². The van der Waals surface area contributed by atoms with Crippen LogP contribution < -0.4 is 5.32 Å². The summed E-state index contributed by atoms with van der Waals surface area (Å²) >= 11 is 7.86. The molecule has 0 aliphatic rings. The van der Waals surface area contributed by atoms with Gasteiger partial charge in [0.25, 0.3) is 0 Å². The molecule has 0 aliphatic heterocycles. The van der Waals surface area contributed by atoms with Crippen LogP contribution in [0.4, 0.5) is 0 Å². The summed E-state index contributed by atoms with van der Waals surface area (Å²) in [5.74, 6) is 1.76. The van der Waals surface area contributed by atoms with Crippen LogP contribution >= 0.6 is 23.4 Å². The Kier molecular flexibility index (Phi) is 6.54. The third kappa shape index (κ3) is 6.12. The minimum Gasteiger partial charge on any atom is -0.311 e. The van der Waals surface area contributed by atoms with Gasteiger partial charge in [-0.25, -0.2) is 0 Å². The molecule has 102 valence electrons. The zero-order valence-electron chi connectivity index (χ0n) is 11.8. The highest BCUT2D eigenvalue weighted by Crippen LogP contribution is 2.23. The van der Waals surface area contributed by atoms with Gasteiger partial charge in [0.2, 0.25) is 0 Å². The summed E-state index contributed by atoms with van der Waals surface area (Å²) in [6.07, 6.45) is 3.36. The second kappa shape index (κ2) is 7.42. The molecule has 0 saturated carbocycles. The van der Waals surface area contributed by atoms with Crippen LogP contribution in [0.3, 0.4) is 0 Å². The molecule has 1 atom stereocenters. The summed E-state index contributed by atoms with van der Waals surface area (Å²) in [7, 11) is 0. The molecule has 0 amide bonds. The minimum absolute atomic E-state index is 0.171. The number of hydrogen-bond acceptors (Lipinski definition) is 2. The highest BCUT2D eigenvalue weighted by molar-refractivity contribution is 7.98. The Bertz CT molecular complexity index is 343. The smallest absolute Gasteiger partial charge is 0.0406 e. The Hall–Kier alpha value is -0.180. The second-order valence-corrected chi connectivity index (χ2v) is 7.08. The van der Waals surface area contributed by atoms with Crippen LogP contribution in [0.1, 0.15) is 38.7 Å². The van der Waals surface area contributed by atoms with Gasteiger partial charge in [0.05, 0.1) is 0 Å². The molecule has 0 heterocycles. The lowest BCUT2D eigenvalue weighted by atomic mass is 9.95. The predicted octanol–water partition coefficient (Wildman–Crippen LogP) is 4.56. The van der Waals surface area contributed by atoms with E-state index in [0.717, 1.165) is 11.6 Å². The van der Waals surface area contributed by atoms with Crippen molar-refractivity contribution in [3.63, 3.8) is 0 Å². The van der Waals surface area contributed by atoms with Gasteiger partial charge in [0, 0.05) is 17.1 Å². The molecule has 1 N–H and O–H groups in total. The van der Waals surface area contributed by atoms with E-state index in [0.29, 0.717) is 5.92 Å². The Morgan fingerprint density at radius 3 is 2.33 bits per heavy atom. The number of nitrogens with one attached hydrogen (secondary N) is 1. The number of rotatable bonds is 6. The van der Waals surface area contributed by atoms with Gasteiger partial charge in [0.15, 0.2) is 0 Å². The van der Waals surface area contributed by atoms with Crippen LogP contribution in [0.15, 0.2) is 24.3 Å². The summed E-state index contributed by atoms with van der Waals surface area (Å²) in [5.41, 5.74) is 1.55. The summed E-state index contributed by atoms with van der Waals surface area (Å²) in [6.45, 7) is 7.65. The zero-order chi connectivity index (χ0) is 13.6. The lowest BCUT2D eigenvalue weighted by Crippen LogP contribution is -2.38. The first-order chi connectivity index (χ1) is 8.42. The number of hydrogen-bond donors (Lipinski definition) is 1. The summed E-state index contributed by atoms with van der Waals surface area (Å²) in [5, 5.41) is 4.41. The normalized spacial score (nSPS) is 13.6. The average molecular weight is 286 g/mol. The minimum atomic E-state index is 0.171. The zero-order valence-corrected chi connectivity index (χ0v) is 13.4. The molecule has 1 unspecified atom stereocenters. The fourth-order valence-electron chi connectivity index (χ4n) is 1.81. The van der Waals surface area contributed by atoms with Gasteiger partial charge in [-0.3, -0.25) is 0 Å². The molecule has 0 bridgehead atoms. The summed E-state index contributed by atoms with van der Waals surface area (Å²) in [4.78, 5) is 0. The van der Waals surface area contributed by atoms with E-state index >= 15 is 0 Å². The molecule has 1 rings (SSSR count). The molecular weight excluding hydrogens is 262 g/mol. The molecule has 3 heteroatoms. The van der Waals surface area contributed by atoms with Crippen LogP contribution in [0, 0.1) is 0 Å². The van der Waals surface area contributed by atoms with Crippen molar-refractivity contribution in [2.24, 2.45) is 0 Å². The molecule has 1 nitrogen and oxygen atoms in total. The Labute approximate surface area is 121 Å². The van der Waals surface area contributed by atoms with Gasteiger partial charge in [-0.2, -0.15) is 11.8 Å². The maximum atomic E-state index is 5.95. The van der Waals surface area contributed by atoms with E-state index in [9.17, 15) is 0 Å². The average Bonchev–Trinajstić information content (AvgIpc) is 2.29. The quantitative estimate of drug-likeness (QED) is 0.822. The lowest BCUT2D eigenvalue weighted by molar-refractivity contribution is 0.403. The third-order valence-electron chi connectivity index (χ3n) is 2.89. The van der Waals surface area contributed by atoms with Gasteiger partial charge < -0.3 is 5.32 Å². The second-order valence-electron chi connectivity index (χ2n) is 5.66. The van der Waals surface area contributed by atoms with Crippen LogP contribution in [-0.4, -0.2) is 24.1 Å². The Morgan fingerprint density at radius 1 is 1.22 bits per heavy atom. The molecule has 0 spiro atoms. The van der Waals surface area contributed by atoms with Crippen molar-refractivity contribution >= 4 is 23.4 Å². The van der Waals surface area contributed by atoms with Crippen LogP contribution in [0.2, 0.25) is 5.02 Å². The molecule has 0 saturated heterocycles. The van der Waals surface area contributed by atoms with E-state index in [1.807, 2.05) is 23.9 Å². The molecule has 0 aliphatic carbocycles. The molecular formula is C15H24ClNS. The third-order valence-corrected chi connectivity index (χ3v) is 3.79. The number of halogens is 1. The highest BCUT2D eigenvalue weighted by atomic mass is 35.5. The van der Waals surface area contributed by atoms with E-state index < -0.39 is 0 Å². The van der Waals surface area contributed by atoms with Crippen molar-refractivity contribution in [1.29, 1.82) is 0 Å². The van der Waals surface area contributed by atoms with Crippen molar-refractivity contribution in [3.8, 4) is 0 Å². The molecule has 0 fully saturated rings. The maximum Gasteiger partial charge on any atom is 0.0406 e. The van der Waals surface area contributed by atoms with Gasteiger partial charge in [-0.1, -0.05) is 23.7 Å². The molecule has 1 aromatic carbocycles. The first kappa shape index (κ1) is 15.9. The standard InChI is InChI=1S/C15H24ClNS/c1-15(2,3)17-11-13(9-10-18-4)12-5-7-14(16)8-6-12/h5-8,13,17H,9-11H2,1-4H3. The van der Waals surface area contributed by atoms with Gasteiger partial charge in [-0.05, 0) is 62.8 Å². The first-order valence-electron chi connectivity index (χ1n) is 6.42. The molecule has 0 radical (unpaired) electrons. The molecule has 1 aromatic rings. The van der Waals surface area contributed by atoms with Crippen LogP contribution in [-0.2, 0) is 0 Å². The monoisotopic (exact) mass is 285 g/mol. The van der Waals surface area contributed by atoms with Gasteiger partial charge in [0.1, 0.15) is 0 Å². The van der Waals surface area contributed by atoms with Crippen molar-refractivity contribution in [2.45, 2.75) is 38.6 Å². The van der Waals surface area contributed by atoms with Crippen LogP contribution in [0.25, 0.3) is 0 Å². The first-order valence-corrected chi connectivity index (χ1v) is 8.19. The van der Waals surface area contributed by atoms with E-state index in [2.05, 4.69) is 44.5 Å². The van der Waals surface area contributed by atoms with E-state index in [-0.39, 0.29) is 5.54 Å². The number of benzene rings is 1. The van der Waals surface area contributed by atoms with Crippen LogP contribution in [0.5, 0.6) is 0 Å². The van der Waals surface area contributed by atoms with Gasteiger partial charge in [-0.15, -0.1) is 0 Å². The van der Waals surface area contributed by atoms with E-state index in [1.165, 1.54) is 17.7 Å². The van der Waals surface area contributed by atoms with Crippen molar-refractivity contribution in [1.82, 2.24) is 5.32 Å². The lowest BCUT2D eigenvalue weighted by Gasteiger charge is -2.25. The summed E-state index contributed by atoms with van der Waals surface area (Å²) in [6, 6.07) is 8.27. The van der Waals surface area contributed by atoms with Crippen molar-refractivity contribution in [2.75, 3.05) is 18.6 Å². The summed E-state index contributed by atoms with van der Waals surface area (Å²) < 4.78 is 0. The topological polar surface area (TPSA) is 12.0 Å². The van der Waals surface area contributed by atoms with Gasteiger partial charge >= 0.3 is 0 Å². The number of thioether (sulfide) groups is 1. The SMILES string of the molecule is CSCCC(CNC(C)(C)C)c1ccc(Cl)cc1.